The van der Waals surface area contributed by atoms with Crippen LogP contribution in [0.4, 0.5) is 5.69 Å². The maximum Gasteiger partial charge on any atom is 0.265 e. The number of imide groups is 1. The van der Waals surface area contributed by atoms with Crippen molar-refractivity contribution in [3.63, 3.8) is 0 Å². The number of hydrazine groups is 1. The van der Waals surface area contributed by atoms with Gasteiger partial charge in [-0.05, 0) is 42.5 Å². The van der Waals surface area contributed by atoms with Crippen molar-refractivity contribution in [2.45, 2.75) is 12.5 Å². The molecule has 1 fully saturated rings. The van der Waals surface area contributed by atoms with Gasteiger partial charge in [0.2, 0.25) is 5.91 Å². The summed E-state index contributed by atoms with van der Waals surface area (Å²) in [4.78, 5) is 37.7. The minimum Gasteiger partial charge on any atom is -0.287 e. The maximum atomic E-state index is 12.4. The van der Waals surface area contributed by atoms with Gasteiger partial charge < -0.3 is 0 Å². The van der Waals surface area contributed by atoms with E-state index >= 15 is 0 Å². The first kappa shape index (κ1) is 17.4. The van der Waals surface area contributed by atoms with Crippen LogP contribution in [-0.2, 0) is 9.59 Å². The van der Waals surface area contributed by atoms with Gasteiger partial charge in [0, 0.05) is 15.6 Å². The number of carbonyl (C=O) groups excluding carboxylic acids is 3. The SMILES string of the molecule is O=C(NNC1CC(=O)N(c2ccc(Cl)cc2)C1=O)c1cccc(Cl)c1. The number of nitrogens with zero attached hydrogens (tertiary/aromatic N) is 1. The molecule has 2 aromatic carbocycles. The molecule has 1 aliphatic rings. The molecule has 0 radical (unpaired) electrons. The molecule has 1 aliphatic heterocycles. The zero-order valence-electron chi connectivity index (χ0n) is 12.8. The number of anilines is 1. The molecule has 1 unspecified atom stereocenters. The second-order valence-corrected chi connectivity index (χ2v) is 6.28. The molecule has 8 heteroatoms. The zero-order chi connectivity index (χ0) is 18.0. The lowest BCUT2D eigenvalue weighted by molar-refractivity contribution is -0.121. The molecular formula is C17H13Cl2N3O3. The Balaban J connectivity index is 1.66. The van der Waals surface area contributed by atoms with E-state index in [1.165, 1.54) is 6.07 Å². The van der Waals surface area contributed by atoms with Crippen LogP contribution in [0.2, 0.25) is 10.0 Å². The number of hydrogen-bond acceptors (Lipinski definition) is 4. The summed E-state index contributed by atoms with van der Waals surface area (Å²) >= 11 is 11.7. The van der Waals surface area contributed by atoms with Crippen molar-refractivity contribution < 1.29 is 14.4 Å². The van der Waals surface area contributed by atoms with Crippen molar-refractivity contribution in [3.8, 4) is 0 Å². The van der Waals surface area contributed by atoms with Crippen molar-refractivity contribution in [1.82, 2.24) is 10.9 Å². The summed E-state index contributed by atoms with van der Waals surface area (Å²) in [5.41, 5.74) is 5.82. The van der Waals surface area contributed by atoms with Gasteiger partial charge in [0.1, 0.15) is 6.04 Å². The Labute approximate surface area is 153 Å². The highest BCUT2D eigenvalue weighted by Crippen LogP contribution is 2.24. The molecule has 6 nitrogen and oxygen atoms in total. The third-order valence-corrected chi connectivity index (χ3v) is 4.17. The molecule has 0 aromatic heterocycles. The lowest BCUT2D eigenvalue weighted by Gasteiger charge is -2.16. The quantitative estimate of drug-likeness (QED) is 0.633. The minimum atomic E-state index is -0.841. The fourth-order valence-corrected chi connectivity index (χ4v) is 2.78. The largest absolute Gasteiger partial charge is 0.287 e. The average molecular weight is 378 g/mol. The molecule has 1 saturated heterocycles. The van der Waals surface area contributed by atoms with Gasteiger partial charge >= 0.3 is 0 Å². The van der Waals surface area contributed by atoms with Crippen LogP contribution in [-0.4, -0.2) is 23.8 Å². The van der Waals surface area contributed by atoms with Crippen molar-refractivity contribution in [1.29, 1.82) is 0 Å². The van der Waals surface area contributed by atoms with Crippen LogP contribution in [0.1, 0.15) is 16.8 Å². The monoisotopic (exact) mass is 377 g/mol. The number of nitrogens with one attached hydrogen (secondary N) is 2. The molecule has 0 bridgehead atoms. The van der Waals surface area contributed by atoms with Crippen LogP contribution in [0.5, 0.6) is 0 Å². The molecule has 2 N–H and O–H groups in total. The van der Waals surface area contributed by atoms with E-state index in [4.69, 9.17) is 23.2 Å². The second-order valence-electron chi connectivity index (χ2n) is 5.41. The molecule has 3 amide bonds. The minimum absolute atomic E-state index is 0.0582. The molecule has 1 atom stereocenters. The van der Waals surface area contributed by atoms with E-state index in [0.29, 0.717) is 21.3 Å². The summed E-state index contributed by atoms with van der Waals surface area (Å²) in [6, 6.07) is 11.9. The Morgan fingerprint density at radius 3 is 2.44 bits per heavy atom. The van der Waals surface area contributed by atoms with Gasteiger partial charge in [-0.2, -0.15) is 0 Å². The fourth-order valence-electron chi connectivity index (χ4n) is 2.46. The van der Waals surface area contributed by atoms with Crippen LogP contribution < -0.4 is 15.8 Å². The van der Waals surface area contributed by atoms with E-state index in [0.717, 1.165) is 4.90 Å². The van der Waals surface area contributed by atoms with E-state index in [-0.39, 0.29) is 12.3 Å². The lowest BCUT2D eigenvalue weighted by Crippen LogP contribution is -2.48. The molecule has 1 heterocycles. The Kier molecular flexibility index (Phi) is 5.03. The summed E-state index contributed by atoms with van der Waals surface area (Å²) in [6.07, 6.45) is -0.0582. The number of carbonyl (C=O) groups is 3. The topological polar surface area (TPSA) is 78.5 Å². The normalized spacial score (nSPS) is 17.0. The number of rotatable bonds is 4. The van der Waals surface area contributed by atoms with Crippen LogP contribution in [0.25, 0.3) is 0 Å². The molecule has 0 spiro atoms. The summed E-state index contributed by atoms with van der Waals surface area (Å²) < 4.78 is 0. The molecule has 3 rings (SSSR count). The molecule has 0 saturated carbocycles. The Bertz CT molecular complexity index is 839. The molecule has 25 heavy (non-hydrogen) atoms. The predicted molar refractivity (Wildman–Crippen MR) is 94.4 cm³/mol. The standard InChI is InChI=1S/C17H13Cl2N3O3/c18-11-4-6-13(7-5-11)22-15(23)9-14(17(22)25)20-21-16(24)10-2-1-3-12(19)8-10/h1-8,14,20H,9H2,(H,21,24). The smallest absolute Gasteiger partial charge is 0.265 e. The van der Waals surface area contributed by atoms with E-state index in [2.05, 4.69) is 10.9 Å². The second kappa shape index (κ2) is 7.23. The van der Waals surface area contributed by atoms with Gasteiger partial charge in [0.05, 0.1) is 12.1 Å². The highest BCUT2D eigenvalue weighted by atomic mass is 35.5. The van der Waals surface area contributed by atoms with Crippen molar-refractivity contribution in [2.24, 2.45) is 0 Å². The molecule has 128 valence electrons. The summed E-state index contributed by atoms with van der Waals surface area (Å²) in [7, 11) is 0. The Morgan fingerprint density at radius 1 is 1.04 bits per heavy atom. The van der Waals surface area contributed by atoms with Gasteiger partial charge in [-0.1, -0.05) is 29.3 Å². The van der Waals surface area contributed by atoms with Crippen LogP contribution in [0.15, 0.2) is 48.5 Å². The van der Waals surface area contributed by atoms with Gasteiger partial charge in [-0.15, -0.1) is 0 Å². The number of benzene rings is 2. The summed E-state index contributed by atoms with van der Waals surface area (Å²) in [5.74, 6) is -1.26. The van der Waals surface area contributed by atoms with E-state index in [1.54, 1.807) is 42.5 Å². The van der Waals surface area contributed by atoms with E-state index < -0.39 is 17.9 Å². The first-order valence-corrected chi connectivity index (χ1v) is 8.15. The number of amides is 3. The van der Waals surface area contributed by atoms with Gasteiger partial charge in [0.25, 0.3) is 11.8 Å². The van der Waals surface area contributed by atoms with Gasteiger partial charge in [0.15, 0.2) is 0 Å². The average Bonchev–Trinajstić information content (AvgIpc) is 2.87. The van der Waals surface area contributed by atoms with Crippen molar-refractivity contribution >= 4 is 46.6 Å². The molecule has 2 aromatic rings. The van der Waals surface area contributed by atoms with Crippen molar-refractivity contribution in [3.05, 3.63) is 64.1 Å². The molecule has 0 aliphatic carbocycles. The van der Waals surface area contributed by atoms with Crippen LogP contribution in [0.3, 0.4) is 0 Å². The van der Waals surface area contributed by atoms with E-state index in [1.807, 2.05) is 0 Å². The first-order chi connectivity index (χ1) is 12.0. The Morgan fingerprint density at radius 2 is 1.76 bits per heavy atom. The third-order valence-electron chi connectivity index (χ3n) is 3.68. The Hall–Kier alpha value is -2.41. The number of halogens is 2. The number of hydrogen-bond donors (Lipinski definition) is 2. The maximum absolute atomic E-state index is 12.4. The lowest BCUT2D eigenvalue weighted by atomic mass is 10.2. The highest BCUT2D eigenvalue weighted by molar-refractivity contribution is 6.31. The van der Waals surface area contributed by atoms with Crippen LogP contribution in [0, 0.1) is 0 Å². The highest BCUT2D eigenvalue weighted by Gasteiger charge is 2.39. The molecular weight excluding hydrogens is 365 g/mol. The van der Waals surface area contributed by atoms with Crippen molar-refractivity contribution in [2.75, 3.05) is 4.90 Å². The first-order valence-electron chi connectivity index (χ1n) is 7.39. The fraction of sp³-hybridized carbons (Fsp3) is 0.118. The predicted octanol–water partition coefficient (Wildman–Crippen LogP) is 2.56. The van der Waals surface area contributed by atoms with Gasteiger partial charge in [-0.3, -0.25) is 19.8 Å². The van der Waals surface area contributed by atoms with Gasteiger partial charge in [-0.25, -0.2) is 10.3 Å². The summed E-state index contributed by atoms with van der Waals surface area (Å²) in [6.45, 7) is 0. The third kappa shape index (κ3) is 3.82. The van der Waals surface area contributed by atoms with E-state index in [9.17, 15) is 14.4 Å². The zero-order valence-corrected chi connectivity index (χ0v) is 14.3. The van der Waals surface area contributed by atoms with Crippen LogP contribution >= 0.6 is 23.2 Å². The summed E-state index contributed by atoms with van der Waals surface area (Å²) in [5, 5.41) is 0.931.